The van der Waals surface area contributed by atoms with Crippen LogP contribution in [-0.2, 0) is 0 Å². The average molecular weight is 371 g/mol. The third kappa shape index (κ3) is 2.82. The Morgan fingerprint density at radius 3 is 2.77 bits per heavy atom. The molecule has 0 aromatic heterocycles. The van der Waals surface area contributed by atoms with E-state index in [0.29, 0.717) is 29.0 Å². The minimum atomic E-state index is -0.341. The van der Waals surface area contributed by atoms with Crippen LogP contribution in [0.15, 0.2) is 48.6 Å². The Labute approximate surface area is 156 Å². The number of rotatable bonds is 4. The van der Waals surface area contributed by atoms with Crippen LogP contribution in [0.4, 0.5) is 11.4 Å². The van der Waals surface area contributed by atoms with Crippen molar-refractivity contribution in [2.24, 2.45) is 5.92 Å². The number of halogens is 1. The topological polar surface area (TPSA) is 64.4 Å². The molecule has 6 heteroatoms. The van der Waals surface area contributed by atoms with Crippen LogP contribution in [0.5, 0.6) is 5.75 Å². The number of benzene rings is 2. The van der Waals surface area contributed by atoms with Crippen LogP contribution in [0, 0.1) is 16.0 Å². The van der Waals surface area contributed by atoms with Gasteiger partial charge in [-0.2, -0.15) is 0 Å². The van der Waals surface area contributed by atoms with E-state index in [-0.39, 0.29) is 22.6 Å². The predicted molar refractivity (Wildman–Crippen MR) is 102 cm³/mol. The summed E-state index contributed by atoms with van der Waals surface area (Å²) in [5, 5.41) is 15.8. The molecule has 0 unspecified atom stereocenters. The molecular formula is C20H19ClN2O3. The molecule has 5 nitrogen and oxygen atoms in total. The fraction of sp³-hybridized carbons (Fsp3) is 0.300. The Bertz CT molecular complexity index is 879. The number of anilines is 1. The summed E-state index contributed by atoms with van der Waals surface area (Å²) in [4.78, 5) is 11.3. The first-order valence-corrected chi connectivity index (χ1v) is 9.10. The third-order valence-electron chi connectivity index (χ3n) is 5.16. The second kappa shape index (κ2) is 6.65. The smallest absolute Gasteiger partial charge is 0.296 e. The number of hydrogen-bond acceptors (Lipinski definition) is 4. The van der Waals surface area contributed by atoms with Crippen LogP contribution in [0.3, 0.4) is 0 Å². The van der Waals surface area contributed by atoms with E-state index in [9.17, 15) is 10.1 Å². The van der Waals surface area contributed by atoms with Crippen LogP contribution < -0.4 is 10.1 Å². The van der Waals surface area contributed by atoms with Gasteiger partial charge in [0.1, 0.15) is 11.4 Å². The van der Waals surface area contributed by atoms with Crippen molar-refractivity contribution in [1.29, 1.82) is 0 Å². The number of nitrogens with zero attached hydrogens (tertiary/aromatic N) is 1. The van der Waals surface area contributed by atoms with Crippen molar-refractivity contribution in [2.75, 3.05) is 11.9 Å². The zero-order valence-corrected chi connectivity index (χ0v) is 15.1. The highest BCUT2D eigenvalue weighted by Crippen LogP contribution is 2.53. The summed E-state index contributed by atoms with van der Waals surface area (Å²) in [5.41, 5.74) is 2.67. The van der Waals surface area contributed by atoms with E-state index in [4.69, 9.17) is 16.3 Å². The van der Waals surface area contributed by atoms with Crippen molar-refractivity contribution in [3.63, 3.8) is 0 Å². The molecule has 1 heterocycles. The number of nitrogens with one attached hydrogen (secondary N) is 1. The average Bonchev–Trinajstić information content (AvgIpc) is 3.11. The third-order valence-corrected chi connectivity index (χ3v) is 5.41. The Hall–Kier alpha value is -2.53. The van der Waals surface area contributed by atoms with Gasteiger partial charge >= 0.3 is 0 Å². The van der Waals surface area contributed by atoms with Gasteiger partial charge in [-0.25, -0.2) is 0 Å². The van der Waals surface area contributed by atoms with Gasteiger partial charge in [0.25, 0.3) is 5.69 Å². The van der Waals surface area contributed by atoms with E-state index >= 15 is 0 Å². The van der Waals surface area contributed by atoms with Gasteiger partial charge in [-0.15, -0.1) is 0 Å². The normalized spacial score (nSPS) is 23.1. The van der Waals surface area contributed by atoms with Gasteiger partial charge < -0.3 is 10.1 Å². The van der Waals surface area contributed by atoms with Crippen molar-refractivity contribution < 1.29 is 9.66 Å². The maximum absolute atomic E-state index is 11.7. The van der Waals surface area contributed by atoms with Crippen LogP contribution in [-0.4, -0.2) is 11.5 Å². The van der Waals surface area contributed by atoms with E-state index < -0.39 is 0 Å². The van der Waals surface area contributed by atoms with E-state index in [1.165, 1.54) is 6.07 Å². The monoisotopic (exact) mass is 370 g/mol. The lowest BCUT2D eigenvalue weighted by Crippen LogP contribution is -2.29. The number of allylic oxidation sites excluding steroid dienone is 2. The Morgan fingerprint density at radius 2 is 2.08 bits per heavy atom. The van der Waals surface area contributed by atoms with Crippen molar-refractivity contribution in [2.45, 2.75) is 25.3 Å². The zero-order chi connectivity index (χ0) is 18.3. The number of ether oxygens (including phenoxy) is 1. The van der Waals surface area contributed by atoms with Gasteiger partial charge in [0, 0.05) is 10.9 Å². The molecule has 2 aromatic carbocycles. The summed E-state index contributed by atoms with van der Waals surface area (Å²) in [6, 6.07) is 11.1. The molecule has 0 amide bonds. The lowest BCUT2D eigenvalue weighted by Gasteiger charge is -2.37. The number of nitro benzene ring substituents is 1. The fourth-order valence-corrected chi connectivity index (χ4v) is 4.17. The summed E-state index contributed by atoms with van der Waals surface area (Å²) in [7, 11) is 0. The standard InChI is InChI=1S/C20H19ClN2O3/c1-2-26-14-10-17-15-4-3-5-16(15)19(12-6-8-13(21)9-7-12)22-20(17)18(11-14)23(24)25/h3-4,6-11,15-16,19,22H,2,5H2,1H3/t15-,16+,19+/m1/s1. The maximum atomic E-state index is 11.7. The van der Waals surface area contributed by atoms with Crippen LogP contribution in [0.1, 0.15) is 36.4 Å². The Morgan fingerprint density at radius 1 is 1.31 bits per heavy atom. The predicted octanol–water partition coefficient (Wildman–Crippen LogP) is 5.47. The number of nitro groups is 1. The van der Waals surface area contributed by atoms with E-state index in [0.717, 1.165) is 17.5 Å². The van der Waals surface area contributed by atoms with Crippen LogP contribution in [0.25, 0.3) is 0 Å². The van der Waals surface area contributed by atoms with Gasteiger partial charge in [0.2, 0.25) is 0 Å². The molecule has 0 bridgehead atoms. The van der Waals surface area contributed by atoms with E-state index in [2.05, 4.69) is 17.5 Å². The minimum absolute atomic E-state index is 0.00332. The first-order chi connectivity index (χ1) is 12.6. The van der Waals surface area contributed by atoms with Gasteiger partial charge in [-0.1, -0.05) is 35.9 Å². The van der Waals surface area contributed by atoms with Crippen LogP contribution >= 0.6 is 11.6 Å². The van der Waals surface area contributed by atoms with Crippen molar-refractivity contribution in [3.05, 3.63) is 74.8 Å². The molecule has 1 aliphatic heterocycles. The zero-order valence-electron chi connectivity index (χ0n) is 14.3. The second-order valence-corrected chi connectivity index (χ2v) is 7.06. The van der Waals surface area contributed by atoms with Crippen molar-refractivity contribution in [1.82, 2.24) is 0 Å². The summed E-state index contributed by atoms with van der Waals surface area (Å²) >= 11 is 6.02. The summed E-state index contributed by atoms with van der Waals surface area (Å²) in [6.45, 7) is 2.35. The lowest BCUT2D eigenvalue weighted by atomic mass is 9.76. The number of hydrogen-bond donors (Lipinski definition) is 1. The van der Waals surface area contributed by atoms with E-state index in [1.54, 1.807) is 0 Å². The highest BCUT2D eigenvalue weighted by atomic mass is 35.5. The first-order valence-electron chi connectivity index (χ1n) is 8.72. The summed E-state index contributed by atoms with van der Waals surface area (Å²) in [6.07, 6.45) is 5.25. The summed E-state index contributed by atoms with van der Waals surface area (Å²) in [5.74, 6) is 0.981. The van der Waals surface area contributed by atoms with Crippen LogP contribution in [0.2, 0.25) is 5.02 Å². The first kappa shape index (κ1) is 16.9. The van der Waals surface area contributed by atoms with Crippen molar-refractivity contribution in [3.8, 4) is 5.75 Å². The molecule has 0 saturated heterocycles. The molecule has 3 atom stereocenters. The summed E-state index contributed by atoms with van der Waals surface area (Å²) < 4.78 is 5.56. The van der Waals surface area contributed by atoms with Gasteiger partial charge in [0.15, 0.2) is 0 Å². The molecule has 1 N–H and O–H groups in total. The van der Waals surface area contributed by atoms with Crippen molar-refractivity contribution >= 4 is 23.0 Å². The fourth-order valence-electron chi connectivity index (χ4n) is 4.05. The molecule has 0 spiro atoms. The molecule has 2 aliphatic rings. The maximum Gasteiger partial charge on any atom is 0.296 e. The van der Waals surface area contributed by atoms with E-state index in [1.807, 2.05) is 37.3 Å². The highest BCUT2D eigenvalue weighted by molar-refractivity contribution is 6.30. The molecule has 4 rings (SSSR count). The molecule has 0 fully saturated rings. The van der Waals surface area contributed by atoms with Gasteiger partial charge in [0.05, 0.1) is 23.6 Å². The second-order valence-electron chi connectivity index (χ2n) is 6.62. The molecule has 0 saturated carbocycles. The SMILES string of the molecule is CCOc1cc2c(c([N+](=O)[O-])c1)N[C@@H](c1ccc(Cl)cc1)[C@H]1CC=C[C@@H]21. The largest absolute Gasteiger partial charge is 0.494 e. The minimum Gasteiger partial charge on any atom is -0.494 e. The molecular weight excluding hydrogens is 352 g/mol. The molecule has 1 aliphatic carbocycles. The van der Waals surface area contributed by atoms with Gasteiger partial charge in [-0.3, -0.25) is 10.1 Å². The van der Waals surface area contributed by atoms with Gasteiger partial charge in [-0.05, 0) is 48.6 Å². The molecule has 26 heavy (non-hydrogen) atoms. The molecule has 2 aromatic rings. The lowest BCUT2D eigenvalue weighted by molar-refractivity contribution is -0.384. The molecule has 0 radical (unpaired) electrons. The Balaban J connectivity index is 1.83. The quantitative estimate of drug-likeness (QED) is 0.440. The Kier molecular flexibility index (Phi) is 4.32. The number of fused-ring (bicyclic) bond motifs is 3. The molecule has 134 valence electrons. The highest BCUT2D eigenvalue weighted by Gasteiger charge is 2.41.